The van der Waals surface area contributed by atoms with Gasteiger partial charge in [0.15, 0.2) is 0 Å². The zero-order chi connectivity index (χ0) is 20.9. The first-order valence-corrected chi connectivity index (χ1v) is 9.20. The SMILES string of the molecule is Cc1cc(N2CCOCC2)nc(NCCNC(=O)c2ccc(C(F)(F)F)cc2)n1. The summed E-state index contributed by atoms with van der Waals surface area (Å²) in [5.74, 6) is 0.826. The Hall–Kier alpha value is -2.88. The van der Waals surface area contributed by atoms with Crippen LogP contribution < -0.4 is 15.5 Å². The molecule has 0 spiro atoms. The van der Waals surface area contributed by atoms with Crippen molar-refractivity contribution >= 4 is 17.7 Å². The highest BCUT2D eigenvalue weighted by Gasteiger charge is 2.30. The largest absolute Gasteiger partial charge is 0.416 e. The van der Waals surface area contributed by atoms with Crippen molar-refractivity contribution in [1.29, 1.82) is 0 Å². The van der Waals surface area contributed by atoms with E-state index < -0.39 is 17.6 Å². The molecule has 2 aromatic rings. The van der Waals surface area contributed by atoms with Crippen LogP contribution in [0.25, 0.3) is 0 Å². The molecule has 1 amide bonds. The van der Waals surface area contributed by atoms with E-state index in [4.69, 9.17) is 4.74 Å². The number of aryl methyl sites for hydroxylation is 1. The summed E-state index contributed by atoms with van der Waals surface area (Å²) in [7, 11) is 0. The van der Waals surface area contributed by atoms with Gasteiger partial charge in [-0.15, -0.1) is 0 Å². The van der Waals surface area contributed by atoms with Crippen LogP contribution in [0.2, 0.25) is 0 Å². The number of benzene rings is 1. The van der Waals surface area contributed by atoms with Gasteiger partial charge in [-0.2, -0.15) is 18.2 Å². The maximum absolute atomic E-state index is 12.6. The lowest BCUT2D eigenvalue weighted by Crippen LogP contribution is -2.37. The fourth-order valence-electron chi connectivity index (χ4n) is 2.85. The minimum Gasteiger partial charge on any atom is -0.378 e. The van der Waals surface area contributed by atoms with Gasteiger partial charge in [-0.25, -0.2) is 4.98 Å². The lowest BCUT2D eigenvalue weighted by atomic mass is 10.1. The normalized spacial score (nSPS) is 14.6. The first kappa shape index (κ1) is 20.8. The minimum atomic E-state index is -4.42. The van der Waals surface area contributed by atoms with Gasteiger partial charge in [0.1, 0.15) is 5.82 Å². The van der Waals surface area contributed by atoms with Crippen molar-refractivity contribution in [3.8, 4) is 0 Å². The van der Waals surface area contributed by atoms with Crippen LogP contribution in [0, 0.1) is 6.92 Å². The zero-order valence-corrected chi connectivity index (χ0v) is 15.9. The van der Waals surface area contributed by atoms with Crippen LogP contribution in [0.5, 0.6) is 0 Å². The lowest BCUT2D eigenvalue weighted by Gasteiger charge is -2.28. The fourth-order valence-corrected chi connectivity index (χ4v) is 2.85. The Morgan fingerprint density at radius 1 is 1.14 bits per heavy atom. The quantitative estimate of drug-likeness (QED) is 0.714. The molecular weight excluding hydrogens is 387 g/mol. The summed E-state index contributed by atoms with van der Waals surface area (Å²) in [6.45, 7) is 5.35. The molecule has 0 bridgehead atoms. The summed E-state index contributed by atoms with van der Waals surface area (Å²) in [6.07, 6.45) is -4.42. The third kappa shape index (κ3) is 5.80. The molecule has 10 heteroatoms. The summed E-state index contributed by atoms with van der Waals surface area (Å²) < 4.78 is 43.1. The smallest absolute Gasteiger partial charge is 0.378 e. The molecule has 0 saturated carbocycles. The number of hydrogen-bond donors (Lipinski definition) is 2. The van der Waals surface area contributed by atoms with Crippen molar-refractivity contribution in [2.75, 3.05) is 49.6 Å². The van der Waals surface area contributed by atoms with E-state index in [1.54, 1.807) is 0 Å². The summed E-state index contributed by atoms with van der Waals surface area (Å²) in [6, 6.07) is 6.00. The molecule has 156 valence electrons. The zero-order valence-electron chi connectivity index (χ0n) is 15.9. The number of halogens is 3. The molecule has 1 fully saturated rings. The Labute approximate surface area is 166 Å². The van der Waals surface area contributed by atoms with Gasteiger partial charge >= 0.3 is 6.18 Å². The molecule has 1 aliphatic rings. The van der Waals surface area contributed by atoms with Crippen molar-refractivity contribution < 1.29 is 22.7 Å². The number of ether oxygens (including phenoxy) is 1. The predicted molar refractivity (Wildman–Crippen MR) is 102 cm³/mol. The molecule has 29 heavy (non-hydrogen) atoms. The van der Waals surface area contributed by atoms with Gasteiger partial charge in [-0.1, -0.05) is 0 Å². The number of anilines is 2. The fraction of sp³-hybridized carbons (Fsp3) is 0.421. The molecule has 0 atom stereocenters. The van der Waals surface area contributed by atoms with Crippen molar-refractivity contribution in [2.24, 2.45) is 0 Å². The second-order valence-corrected chi connectivity index (χ2v) is 6.55. The molecule has 0 aliphatic carbocycles. The molecule has 1 aromatic carbocycles. The van der Waals surface area contributed by atoms with Crippen LogP contribution in [0.1, 0.15) is 21.6 Å². The molecule has 1 aromatic heterocycles. The van der Waals surface area contributed by atoms with Crippen molar-refractivity contribution in [3.63, 3.8) is 0 Å². The molecule has 2 N–H and O–H groups in total. The maximum atomic E-state index is 12.6. The highest BCUT2D eigenvalue weighted by Crippen LogP contribution is 2.29. The first-order valence-electron chi connectivity index (χ1n) is 9.20. The Morgan fingerprint density at radius 2 is 1.83 bits per heavy atom. The number of rotatable bonds is 6. The average molecular weight is 409 g/mol. The average Bonchev–Trinajstić information content (AvgIpc) is 2.71. The van der Waals surface area contributed by atoms with Gasteiger partial charge in [0.05, 0.1) is 18.8 Å². The number of nitrogens with one attached hydrogen (secondary N) is 2. The van der Waals surface area contributed by atoms with E-state index in [1.807, 2.05) is 13.0 Å². The highest BCUT2D eigenvalue weighted by molar-refractivity contribution is 5.94. The van der Waals surface area contributed by atoms with Crippen LogP contribution in [0.15, 0.2) is 30.3 Å². The summed E-state index contributed by atoms with van der Waals surface area (Å²) in [5.41, 5.74) is 0.195. The molecule has 2 heterocycles. The number of carbonyl (C=O) groups is 1. The van der Waals surface area contributed by atoms with Gasteiger partial charge in [0.2, 0.25) is 5.95 Å². The first-order chi connectivity index (χ1) is 13.8. The van der Waals surface area contributed by atoms with E-state index in [9.17, 15) is 18.0 Å². The summed E-state index contributed by atoms with van der Waals surface area (Å²) >= 11 is 0. The number of hydrogen-bond acceptors (Lipinski definition) is 6. The van der Waals surface area contributed by atoms with Gasteiger partial charge in [0, 0.05) is 43.5 Å². The van der Waals surface area contributed by atoms with E-state index in [1.165, 1.54) is 0 Å². The molecule has 1 saturated heterocycles. The molecule has 7 nitrogen and oxygen atoms in total. The number of amides is 1. The summed E-state index contributed by atoms with van der Waals surface area (Å²) in [4.78, 5) is 23.0. The number of nitrogens with zero attached hydrogens (tertiary/aromatic N) is 3. The third-order valence-electron chi connectivity index (χ3n) is 4.34. The van der Waals surface area contributed by atoms with Crippen LogP contribution in [0.3, 0.4) is 0 Å². The Morgan fingerprint density at radius 3 is 2.48 bits per heavy atom. The molecule has 0 unspecified atom stereocenters. The van der Waals surface area contributed by atoms with E-state index in [0.29, 0.717) is 25.7 Å². The third-order valence-corrected chi connectivity index (χ3v) is 4.34. The van der Waals surface area contributed by atoms with Gasteiger partial charge in [-0.05, 0) is 31.2 Å². The van der Waals surface area contributed by atoms with E-state index in [0.717, 1.165) is 48.9 Å². The van der Waals surface area contributed by atoms with Gasteiger partial charge < -0.3 is 20.3 Å². The number of aromatic nitrogens is 2. The molecule has 3 rings (SSSR count). The number of alkyl halides is 3. The lowest BCUT2D eigenvalue weighted by molar-refractivity contribution is -0.137. The molecule has 1 aliphatic heterocycles. The van der Waals surface area contributed by atoms with Crippen LogP contribution in [0.4, 0.5) is 24.9 Å². The number of carbonyl (C=O) groups excluding carboxylic acids is 1. The Kier molecular flexibility index (Phi) is 6.53. The second-order valence-electron chi connectivity index (χ2n) is 6.55. The Bertz CT molecular complexity index is 837. The van der Waals surface area contributed by atoms with Gasteiger partial charge in [0.25, 0.3) is 5.91 Å². The van der Waals surface area contributed by atoms with E-state index >= 15 is 0 Å². The van der Waals surface area contributed by atoms with Crippen LogP contribution in [-0.2, 0) is 10.9 Å². The number of morpholine rings is 1. The second kappa shape index (κ2) is 9.08. The van der Waals surface area contributed by atoms with Crippen molar-refractivity contribution in [3.05, 3.63) is 47.2 Å². The van der Waals surface area contributed by atoms with E-state index in [-0.39, 0.29) is 12.1 Å². The maximum Gasteiger partial charge on any atom is 0.416 e. The molecular formula is C19H22F3N5O2. The van der Waals surface area contributed by atoms with Crippen LogP contribution >= 0.6 is 0 Å². The minimum absolute atomic E-state index is 0.166. The predicted octanol–water partition coefficient (Wildman–Crippen LogP) is 2.48. The van der Waals surface area contributed by atoms with Crippen LogP contribution in [-0.4, -0.2) is 55.3 Å². The van der Waals surface area contributed by atoms with Gasteiger partial charge in [-0.3, -0.25) is 4.79 Å². The monoisotopic (exact) mass is 409 g/mol. The standard InChI is InChI=1S/C19H22F3N5O2/c1-13-12-16(27-8-10-29-11-9-27)26-18(25-13)24-7-6-23-17(28)14-2-4-15(5-3-14)19(20,21)22/h2-5,12H,6-11H2,1H3,(H,23,28)(H,24,25,26). The summed E-state index contributed by atoms with van der Waals surface area (Å²) in [5, 5.41) is 5.71. The highest BCUT2D eigenvalue weighted by atomic mass is 19.4. The Balaban J connectivity index is 1.50. The molecule has 0 radical (unpaired) electrons. The topological polar surface area (TPSA) is 79.4 Å². The van der Waals surface area contributed by atoms with E-state index in [2.05, 4.69) is 25.5 Å². The van der Waals surface area contributed by atoms with Crippen molar-refractivity contribution in [1.82, 2.24) is 15.3 Å². The van der Waals surface area contributed by atoms with Crippen molar-refractivity contribution in [2.45, 2.75) is 13.1 Å².